The first-order valence-corrected chi connectivity index (χ1v) is 9.07. The molecule has 1 aliphatic rings. The average molecular weight is 396 g/mol. The van der Waals surface area contributed by atoms with E-state index < -0.39 is 0 Å². The summed E-state index contributed by atoms with van der Waals surface area (Å²) in [5, 5.41) is 6.79. The van der Waals surface area contributed by atoms with Gasteiger partial charge in [0.1, 0.15) is 5.82 Å². The highest BCUT2D eigenvalue weighted by atomic mass is 79.9. The zero-order valence-corrected chi connectivity index (χ0v) is 15.4. The maximum Gasteiger partial charge on any atom is 0.225 e. The number of aromatic nitrogens is 3. The Morgan fingerprint density at radius 2 is 1.92 bits per heavy atom. The van der Waals surface area contributed by atoms with E-state index in [0.29, 0.717) is 12.0 Å². The Hall–Kier alpha value is -2.47. The zero-order valence-electron chi connectivity index (χ0n) is 13.8. The normalized spacial score (nSPS) is 13.5. The molecule has 3 aromatic rings. The maximum absolute atomic E-state index is 4.63. The summed E-state index contributed by atoms with van der Waals surface area (Å²) in [6, 6.07) is 14.3. The standard InChI is InChI=1S/C19H18BrN5/c1-12-14(20)5-4-7-15(12)23-18-11-17(16-6-2-3-10-21-16)24-19(25-18)22-13-8-9-13/h2-7,10-11,13H,8-9H2,1H3,(H2,22,23,24,25). The molecule has 0 spiro atoms. The molecule has 1 aromatic carbocycles. The molecule has 0 amide bonds. The number of hydrogen-bond acceptors (Lipinski definition) is 5. The van der Waals surface area contributed by atoms with Crippen LogP contribution >= 0.6 is 15.9 Å². The van der Waals surface area contributed by atoms with Gasteiger partial charge in [-0.2, -0.15) is 4.98 Å². The Morgan fingerprint density at radius 1 is 1.04 bits per heavy atom. The molecule has 0 bridgehead atoms. The van der Waals surface area contributed by atoms with Crippen molar-refractivity contribution in [2.75, 3.05) is 10.6 Å². The van der Waals surface area contributed by atoms with Gasteiger partial charge in [0.2, 0.25) is 5.95 Å². The predicted molar refractivity (Wildman–Crippen MR) is 104 cm³/mol. The molecule has 25 heavy (non-hydrogen) atoms. The Morgan fingerprint density at radius 3 is 2.68 bits per heavy atom. The first-order chi connectivity index (χ1) is 12.2. The molecular formula is C19H18BrN5. The lowest BCUT2D eigenvalue weighted by atomic mass is 10.2. The van der Waals surface area contributed by atoms with Crippen molar-refractivity contribution in [1.82, 2.24) is 15.0 Å². The molecule has 0 saturated heterocycles. The van der Waals surface area contributed by atoms with Crippen molar-refractivity contribution in [3.63, 3.8) is 0 Å². The van der Waals surface area contributed by atoms with Crippen LogP contribution in [0.3, 0.4) is 0 Å². The van der Waals surface area contributed by atoms with Crippen molar-refractivity contribution < 1.29 is 0 Å². The Bertz CT molecular complexity index is 894. The number of anilines is 3. The van der Waals surface area contributed by atoms with Crippen LogP contribution in [0.4, 0.5) is 17.5 Å². The van der Waals surface area contributed by atoms with Crippen LogP contribution in [0.2, 0.25) is 0 Å². The van der Waals surface area contributed by atoms with Crippen molar-refractivity contribution in [2.45, 2.75) is 25.8 Å². The summed E-state index contributed by atoms with van der Waals surface area (Å²) in [6.45, 7) is 2.07. The highest BCUT2D eigenvalue weighted by molar-refractivity contribution is 9.10. The zero-order chi connectivity index (χ0) is 17.2. The van der Waals surface area contributed by atoms with Crippen molar-refractivity contribution in [3.8, 4) is 11.4 Å². The molecule has 0 aliphatic heterocycles. The second kappa shape index (κ2) is 6.80. The summed E-state index contributed by atoms with van der Waals surface area (Å²) in [5.74, 6) is 1.39. The summed E-state index contributed by atoms with van der Waals surface area (Å²) in [5.41, 5.74) is 3.78. The molecule has 5 nitrogen and oxygen atoms in total. The van der Waals surface area contributed by atoms with E-state index in [0.717, 1.165) is 32.9 Å². The molecule has 0 atom stereocenters. The van der Waals surface area contributed by atoms with E-state index in [1.807, 2.05) is 42.5 Å². The summed E-state index contributed by atoms with van der Waals surface area (Å²) in [7, 11) is 0. The average Bonchev–Trinajstić information content (AvgIpc) is 3.43. The number of halogens is 1. The number of hydrogen-bond donors (Lipinski definition) is 2. The topological polar surface area (TPSA) is 62.7 Å². The Balaban J connectivity index is 1.71. The second-order valence-corrected chi connectivity index (χ2v) is 6.99. The molecule has 1 saturated carbocycles. The quantitative estimate of drug-likeness (QED) is 0.641. The van der Waals surface area contributed by atoms with E-state index in [1.54, 1.807) is 6.20 Å². The van der Waals surface area contributed by atoms with Crippen LogP contribution in [0.1, 0.15) is 18.4 Å². The van der Waals surface area contributed by atoms with E-state index in [9.17, 15) is 0 Å². The van der Waals surface area contributed by atoms with Gasteiger partial charge in [-0.05, 0) is 49.6 Å². The van der Waals surface area contributed by atoms with Crippen molar-refractivity contribution in [1.29, 1.82) is 0 Å². The fourth-order valence-corrected chi connectivity index (χ4v) is 2.88. The predicted octanol–water partition coefficient (Wildman–Crippen LogP) is 4.93. The first-order valence-electron chi connectivity index (χ1n) is 8.28. The smallest absolute Gasteiger partial charge is 0.225 e. The molecule has 2 aromatic heterocycles. The van der Waals surface area contributed by atoms with Crippen LogP contribution in [-0.4, -0.2) is 21.0 Å². The Kier molecular flexibility index (Phi) is 4.36. The van der Waals surface area contributed by atoms with Gasteiger partial charge in [0.15, 0.2) is 0 Å². The molecule has 2 N–H and O–H groups in total. The molecule has 6 heteroatoms. The van der Waals surface area contributed by atoms with Crippen LogP contribution in [0.15, 0.2) is 53.1 Å². The monoisotopic (exact) mass is 395 g/mol. The number of rotatable bonds is 5. The third-order valence-corrected chi connectivity index (χ3v) is 4.95. The van der Waals surface area contributed by atoms with Crippen LogP contribution in [0, 0.1) is 6.92 Å². The first kappa shape index (κ1) is 16.0. The van der Waals surface area contributed by atoms with Crippen LogP contribution in [0.5, 0.6) is 0 Å². The van der Waals surface area contributed by atoms with Gasteiger partial charge in [-0.1, -0.05) is 28.1 Å². The van der Waals surface area contributed by atoms with E-state index in [1.165, 1.54) is 12.8 Å². The van der Waals surface area contributed by atoms with E-state index in [4.69, 9.17) is 0 Å². The Labute approximate surface area is 155 Å². The molecule has 0 radical (unpaired) electrons. The number of nitrogens with zero attached hydrogens (tertiary/aromatic N) is 3. The fraction of sp³-hybridized carbons (Fsp3) is 0.211. The van der Waals surface area contributed by atoms with Gasteiger partial charge >= 0.3 is 0 Å². The van der Waals surface area contributed by atoms with Gasteiger partial charge in [-0.25, -0.2) is 4.98 Å². The minimum absolute atomic E-state index is 0.486. The number of benzene rings is 1. The molecule has 126 valence electrons. The van der Waals surface area contributed by atoms with Crippen molar-refractivity contribution in [2.24, 2.45) is 0 Å². The van der Waals surface area contributed by atoms with Gasteiger partial charge in [0.05, 0.1) is 11.4 Å². The van der Waals surface area contributed by atoms with Crippen LogP contribution in [0.25, 0.3) is 11.4 Å². The van der Waals surface area contributed by atoms with Gasteiger partial charge in [0.25, 0.3) is 0 Å². The largest absolute Gasteiger partial charge is 0.351 e. The van der Waals surface area contributed by atoms with Gasteiger partial charge in [0, 0.05) is 28.5 Å². The van der Waals surface area contributed by atoms with Crippen LogP contribution in [-0.2, 0) is 0 Å². The fourth-order valence-electron chi connectivity index (χ4n) is 2.51. The lowest BCUT2D eigenvalue weighted by Gasteiger charge is -2.13. The second-order valence-electron chi connectivity index (χ2n) is 6.13. The van der Waals surface area contributed by atoms with E-state index in [2.05, 4.69) is 48.4 Å². The van der Waals surface area contributed by atoms with Crippen molar-refractivity contribution in [3.05, 3.63) is 58.7 Å². The summed E-state index contributed by atoms with van der Waals surface area (Å²) in [6.07, 6.45) is 4.12. The molecule has 4 rings (SSSR count). The van der Waals surface area contributed by atoms with E-state index >= 15 is 0 Å². The summed E-state index contributed by atoms with van der Waals surface area (Å²) < 4.78 is 1.06. The minimum atomic E-state index is 0.486. The molecule has 1 fully saturated rings. The number of nitrogens with one attached hydrogen (secondary N) is 2. The molecule has 1 aliphatic carbocycles. The van der Waals surface area contributed by atoms with E-state index in [-0.39, 0.29) is 0 Å². The van der Waals surface area contributed by atoms with Crippen LogP contribution < -0.4 is 10.6 Å². The third kappa shape index (κ3) is 3.79. The lowest BCUT2D eigenvalue weighted by Crippen LogP contribution is -2.08. The third-order valence-electron chi connectivity index (χ3n) is 4.09. The highest BCUT2D eigenvalue weighted by Gasteiger charge is 2.22. The SMILES string of the molecule is Cc1c(Br)cccc1Nc1cc(-c2ccccn2)nc(NC2CC2)n1. The highest BCUT2D eigenvalue weighted by Crippen LogP contribution is 2.29. The number of pyridine rings is 1. The maximum atomic E-state index is 4.63. The van der Waals surface area contributed by atoms with Gasteiger partial charge < -0.3 is 10.6 Å². The lowest BCUT2D eigenvalue weighted by molar-refractivity contribution is 1.05. The minimum Gasteiger partial charge on any atom is -0.351 e. The van der Waals surface area contributed by atoms with Gasteiger partial charge in [-0.15, -0.1) is 0 Å². The van der Waals surface area contributed by atoms with Gasteiger partial charge in [-0.3, -0.25) is 4.98 Å². The summed E-state index contributed by atoms with van der Waals surface area (Å²) >= 11 is 3.57. The van der Waals surface area contributed by atoms with Crippen molar-refractivity contribution >= 4 is 33.4 Å². The molecular weight excluding hydrogens is 378 g/mol. The molecule has 0 unspecified atom stereocenters. The summed E-state index contributed by atoms with van der Waals surface area (Å²) in [4.78, 5) is 13.7. The molecule has 2 heterocycles.